The normalized spacial score (nSPS) is 31.1. The molecule has 0 aromatic heterocycles. The minimum absolute atomic E-state index is 0.342. The molecule has 1 heterocycles. The van der Waals surface area contributed by atoms with E-state index in [9.17, 15) is 5.11 Å². The van der Waals surface area contributed by atoms with Gasteiger partial charge in [-0.1, -0.05) is 20.3 Å². The molecule has 0 aromatic rings. The Balaban J connectivity index is 1.55. The van der Waals surface area contributed by atoms with Gasteiger partial charge in [-0.2, -0.15) is 0 Å². The van der Waals surface area contributed by atoms with E-state index in [-0.39, 0.29) is 0 Å². The molecule has 2 fully saturated rings. The van der Waals surface area contributed by atoms with Crippen molar-refractivity contribution >= 4 is 0 Å². The zero-order chi connectivity index (χ0) is 13.7. The number of unbranched alkanes of at least 4 members (excludes halogenated alkanes) is 1. The summed E-state index contributed by atoms with van der Waals surface area (Å²) in [4.78, 5) is 2.47. The van der Waals surface area contributed by atoms with E-state index in [1.165, 1.54) is 58.0 Å². The lowest BCUT2D eigenvalue weighted by atomic mass is 9.87. The molecule has 3 heteroatoms. The van der Waals surface area contributed by atoms with Gasteiger partial charge in [-0.25, -0.2) is 0 Å². The average Bonchev–Trinajstić information content (AvgIpc) is 2.95. The summed E-state index contributed by atoms with van der Waals surface area (Å²) >= 11 is 0. The van der Waals surface area contributed by atoms with Gasteiger partial charge in [0, 0.05) is 12.1 Å². The highest BCUT2D eigenvalue weighted by molar-refractivity contribution is 4.90. The molecule has 0 radical (unpaired) electrons. The van der Waals surface area contributed by atoms with Crippen LogP contribution in [0.1, 0.15) is 58.8 Å². The molecule has 2 atom stereocenters. The summed E-state index contributed by atoms with van der Waals surface area (Å²) in [5.74, 6) is 0. The molecule has 2 N–H and O–H groups in total. The molecule has 1 aliphatic heterocycles. The minimum Gasteiger partial charge on any atom is -0.395 e. The molecular weight excluding hydrogens is 236 g/mol. The highest BCUT2D eigenvalue weighted by Gasteiger charge is 2.33. The summed E-state index contributed by atoms with van der Waals surface area (Å²) < 4.78 is 0. The van der Waals surface area contributed by atoms with Gasteiger partial charge in [0.05, 0.1) is 6.61 Å². The smallest absolute Gasteiger partial charge is 0.0586 e. The lowest BCUT2D eigenvalue weighted by molar-refractivity contribution is 0.156. The molecule has 1 aliphatic carbocycles. The molecule has 0 unspecified atom stereocenters. The second-order valence-electron chi connectivity index (χ2n) is 7.11. The Morgan fingerprint density at radius 1 is 1.21 bits per heavy atom. The maximum absolute atomic E-state index is 9.29. The Labute approximate surface area is 118 Å². The summed E-state index contributed by atoms with van der Waals surface area (Å²) in [6.45, 7) is 8.65. The summed E-state index contributed by atoms with van der Waals surface area (Å²) in [7, 11) is 0. The third-order valence-corrected chi connectivity index (χ3v) is 5.23. The molecule has 19 heavy (non-hydrogen) atoms. The van der Waals surface area contributed by atoms with E-state index < -0.39 is 0 Å². The topological polar surface area (TPSA) is 35.5 Å². The number of aliphatic hydroxyl groups is 1. The number of nitrogens with zero attached hydrogens (tertiary/aromatic N) is 1. The van der Waals surface area contributed by atoms with Crippen molar-refractivity contribution in [1.29, 1.82) is 0 Å². The zero-order valence-electron chi connectivity index (χ0n) is 12.8. The molecule has 0 bridgehead atoms. The molecule has 0 aromatic carbocycles. The first-order chi connectivity index (χ1) is 9.13. The van der Waals surface area contributed by atoms with Gasteiger partial charge in [0.25, 0.3) is 0 Å². The summed E-state index contributed by atoms with van der Waals surface area (Å²) in [6, 6.07) is 1.17. The third-order valence-electron chi connectivity index (χ3n) is 5.23. The van der Waals surface area contributed by atoms with Crippen molar-refractivity contribution in [3.8, 4) is 0 Å². The maximum atomic E-state index is 9.29. The first-order valence-corrected chi connectivity index (χ1v) is 8.22. The highest BCUT2D eigenvalue weighted by atomic mass is 16.3. The van der Waals surface area contributed by atoms with Crippen molar-refractivity contribution < 1.29 is 5.11 Å². The Kier molecular flexibility index (Phi) is 5.67. The van der Waals surface area contributed by atoms with Crippen molar-refractivity contribution in [2.45, 2.75) is 70.9 Å². The van der Waals surface area contributed by atoms with E-state index in [4.69, 9.17) is 0 Å². The van der Waals surface area contributed by atoms with Crippen LogP contribution in [0.5, 0.6) is 0 Å². The summed E-state index contributed by atoms with van der Waals surface area (Å²) in [6.07, 6.45) is 9.08. The van der Waals surface area contributed by atoms with E-state index in [1.54, 1.807) is 0 Å². The summed E-state index contributed by atoms with van der Waals surface area (Å²) in [5.41, 5.74) is 0.497. The molecule has 0 spiro atoms. The monoisotopic (exact) mass is 268 g/mol. The predicted octanol–water partition coefficient (Wildman–Crippen LogP) is 2.39. The van der Waals surface area contributed by atoms with Crippen molar-refractivity contribution in [3.05, 3.63) is 0 Å². The van der Waals surface area contributed by atoms with E-state index in [2.05, 4.69) is 24.1 Å². The van der Waals surface area contributed by atoms with Crippen LogP contribution in [0.2, 0.25) is 0 Å². The van der Waals surface area contributed by atoms with E-state index in [0.29, 0.717) is 18.1 Å². The standard InChI is InChI=1S/C16H32N2O/c1-16(2)9-5-8-15(16)17-10-3-4-11-18-12-6-7-14(18)13-19/h14-15,17,19H,3-13H2,1-2H3/t14-,15-/m0/s1. The lowest BCUT2D eigenvalue weighted by Crippen LogP contribution is -2.38. The number of nitrogens with one attached hydrogen (secondary N) is 1. The molecule has 2 rings (SSSR count). The van der Waals surface area contributed by atoms with Gasteiger partial charge in [0.15, 0.2) is 0 Å². The molecular formula is C16H32N2O. The molecule has 0 amide bonds. The van der Waals surface area contributed by atoms with Crippen LogP contribution < -0.4 is 5.32 Å². The fourth-order valence-electron chi connectivity index (χ4n) is 3.82. The van der Waals surface area contributed by atoms with Gasteiger partial charge in [-0.3, -0.25) is 4.90 Å². The fourth-order valence-corrected chi connectivity index (χ4v) is 3.82. The Bertz CT molecular complexity index is 267. The summed E-state index contributed by atoms with van der Waals surface area (Å²) in [5, 5.41) is 13.0. The molecule has 3 nitrogen and oxygen atoms in total. The number of likely N-dealkylation sites (tertiary alicyclic amines) is 1. The zero-order valence-corrected chi connectivity index (χ0v) is 12.8. The van der Waals surface area contributed by atoms with Gasteiger partial charge in [0.1, 0.15) is 0 Å². The van der Waals surface area contributed by atoms with Crippen molar-refractivity contribution in [2.75, 3.05) is 26.2 Å². The lowest BCUT2D eigenvalue weighted by Gasteiger charge is -2.28. The highest BCUT2D eigenvalue weighted by Crippen LogP contribution is 2.37. The number of aliphatic hydroxyl groups excluding tert-OH is 1. The van der Waals surface area contributed by atoms with Gasteiger partial charge in [-0.15, -0.1) is 0 Å². The number of hydrogen-bond acceptors (Lipinski definition) is 3. The van der Waals surface area contributed by atoms with Crippen molar-refractivity contribution in [1.82, 2.24) is 10.2 Å². The van der Waals surface area contributed by atoms with Gasteiger partial charge in [-0.05, 0) is 63.6 Å². The minimum atomic E-state index is 0.342. The largest absolute Gasteiger partial charge is 0.395 e. The van der Waals surface area contributed by atoms with Crippen LogP contribution in [0.3, 0.4) is 0 Å². The van der Waals surface area contributed by atoms with Crippen LogP contribution in [0, 0.1) is 5.41 Å². The second kappa shape index (κ2) is 7.05. The molecule has 2 aliphatic rings. The molecule has 1 saturated carbocycles. The van der Waals surface area contributed by atoms with E-state index in [0.717, 1.165) is 12.6 Å². The van der Waals surface area contributed by atoms with Crippen LogP contribution in [-0.4, -0.2) is 48.3 Å². The fraction of sp³-hybridized carbons (Fsp3) is 1.00. The van der Waals surface area contributed by atoms with Gasteiger partial charge < -0.3 is 10.4 Å². The van der Waals surface area contributed by atoms with Crippen LogP contribution in [0.4, 0.5) is 0 Å². The van der Waals surface area contributed by atoms with Crippen molar-refractivity contribution in [3.63, 3.8) is 0 Å². The Morgan fingerprint density at radius 3 is 2.74 bits per heavy atom. The second-order valence-corrected chi connectivity index (χ2v) is 7.11. The average molecular weight is 268 g/mol. The predicted molar refractivity (Wildman–Crippen MR) is 80.3 cm³/mol. The first-order valence-electron chi connectivity index (χ1n) is 8.22. The maximum Gasteiger partial charge on any atom is 0.0586 e. The van der Waals surface area contributed by atoms with Gasteiger partial charge in [0.2, 0.25) is 0 Å². The van der Waals surface area contributed by atoms with Crippen LogP contribution in [0.15, 0.2) is 0 Å². The van der Waals surface area contributed by atoms with E-state index >= 15 is 0 Å². The molecule has 112 valence electrons. The Hall–Kier alpha value is -0.120. The third kappa shape index (κ3) is 4.17. The quantitative estimate of drug-likeness (QED) is 0.696. The molecule has 1 saturated heterocycles. The van der Waals surface area contributed by atoms with Crippen LogP contribution >= 0.6 is 0 Å². The SMILES string of the molecule is CC1(C)CCC[C@@H]1NCCCCN1CCC[C@H]1CO. The number of hydrogen-bond donors (Lipinski definition) is 2. The Morgan fingerprint density at radius 2 is 2.05 bits per heavy atom. The van der Waals surface area contributed by atoms with E-state index in [1.807, 2.05) is 0 Å². The van der Waals surface area contributed by atoms with Gasteiger partial charge >= 0.3 is 0 Å². The van der Waals surface area contributed by atoms with Crippen LogP contribution in [0.25, 0.3) is 0 Å². The van der Waals surface area contributed by atoms with Crippen LogP contribution in [-0.2, 0) is 0 Å². The first kappa shape index (κ1) is 15.3. The van der Waals surface area contributed by atoms with Crippen molar-refractivity contribution in [2.24, 2.45) is 5.41 Å². The number of rotatable bonds is 7.